The highest BCUT2D eigenvalue weighted by Crippen LogP contribution is 2.21. The molecule has 0 bridgehead atoms. The van der Waals surface area contributed by atoms with Gasteiger partial charge in [0, 0.05) is 11.4 Å². The maximum Gasteiger partial charge on any atom is 0.240 e. The zero-order chi connectivity index (χ0) is 18.2. The zero-order valence-corrected chi connectivity index (χ0v) is 15.6. The van der Waals surface area contributed by atoms with Crippen molar-refractivity contribution < 1.29 is 9.53 Å². The minimum atomic E-state index is -0.122. The Hall–Kier alpha value is -2.33. The number of benzene rings is 2. The quantitative estimate of drug-likeness (QED) is 0.444. The van der Waals surface area contributed by atoms with Crippen molar-refractivity contribution in [1.82, 2.24) is 5.43 Å². The summed E-state index contributed by atoms with van der Waals surface area (Å²) in [5.74, 6) is 0.668. The van der Waals surface area contributed by atoms with E-state index in [1.54, 1.807) is 6.07 Å². The number of halogens is 1. The van der Waals surface area contributed by atoms with Gasteiger partial charge in [0.2, 0.25) is 5.91 Å². The topological polar surface area (TPSA) is 50.7 Å². The highest BCUT2D eigenvalue weighted by Gasteiger charge is 2.04. The van der Waals surface area contributed by atoms with Gasteiger partial charge in [-0.05, 0) is 56.5 Å². The smallest absolute Gasteiger partial charge is 0.240 e. The van der Waals surface area contributed by atoms with E-state index in [1.807, 2.05) is 57.2 Å². The summed E-state index contributed by atoms with van der Waals surface area (Å²) < 4.78 is 5.68. The largest absolute Gasteiger partial charge is 0.493 e. The predicted octanol–water partition coefficient (Wildman–Crippen LogP) is 4.66. The summed E-state index contributed by atoms with van der Waals surface area (Å²) in [6.45, 7) is 6.31. The number of carbonyl (C=O) groups excluding carboxylic acids is 1. The van der Waals surface area contributed by atoms with Gasteiger partial charge in [-0.15, -0.1) is 0 Å². The second kappa shape index (κ2) is 9.23. The number of nitrogens with zero attached hydrogens (tertiary/aromatic N) is 1. The molecule has 0 aliphatic carbocycles. The predicted molar refractivity (Wildman–Crippen MR) is 102 cm³/mol. The van der Waals surface area contributed by atoms with Crippen molar-refractivity contribution in [3.8, 4) is 5.75 Å². The third-order valence-corrected chi connectivity index (χ3v) is 3.96. The summed E-state index contributed by atoms with van der Waals surface area (Å²) in [6.07, 6.45) is 0.976. The minimum absolute atomic E-state index is 0.122. The van der Waals surface area contributed by atoms with E-state index in [1.165, 1.54) is 0 Å². The fourth-order valence-electron chi connectivity index (χ4n) is 2.33. The third kappa shape index (κ3) is 6.24. The molecule has 0 radical (unpaired) electrons. The highest BCUT2D eigenvalue weighted by molar-refractivity contribution is 6.30. The van der Waals surface area contributed by atoms with Gasteiger partial charge in [-0.25, -0.2) is 5.43 Å². The molecule has 5 heteroatoms. The first kappa shape index (κ1) is 19.0. The van der Waals surface area contributed by atoms with Crippen LogP contribution in [-0.4, -0.2) is 18.2 Å². The summed E-state index contributed by atoms with van der Waals surface area (Å²) in [5.41, 5.74) is 6.52. The van der Waals surface area contributed by atoms with Crippen LogP contribution in [0.25, 0.3) is 0 Å². The van der Waals surface area contributed by atoms with Crippen LogP contribution in [0.15, 0.2) is 47.6 Å². The van der Waals surface area contributed by atoms with Crippen LogP contribution < -0.4 is 10.2 Å². The van der Waals surface area contributed by atoms with Crippen molar-refractivity contribution in [2.45, 2.75) is 33.6 Å². The molecular formula is C20H23ClN2O2. The Kier molecular flexibility index (Phi) is 7.02. The number of rotatable bonds is 7. The molecule has 1 N–H and O–H groups in total. The molecule has 0 atom stereocenters. The van der Waals surface area contributed by atoms with Gasteiger partial charge >= 0.3 is 0 Å². The van der Waals surface area contributed by atoms with Crippen molar-refractivity contribution in [2.75, 3.05) is 6.61 Å². The van der Waals surface area contributed by atoms with Crippen LogP contribution in [0.2, 0.25) is 5.02 Å². The lowest BCUT2D eigenvalue weighted by molar-refractivity contribution is -0.121. The number of ether oxygens (including phenoxy) is 1. The monoisotopic (exact) mass is 358 g/mol. The van der Waals surface area contributed by atoms with Crippen molar-refractivity contribution in [3.63, 3.8) is 0 Å². The summed E-state index contributed by atoms with van der Waals surface area (Å²) in [4.78, 5) is 11.9. The molecule has 1 amide bonds. The maximum absolute atomic E-state index is 11.9. The van der Waals surface area contributed by atoms with E-state index in [2.05, 4.69) is 10.5 Å². The fraction of sp³-hybridized carbons (Fsp3) is 0.300. The molecule has 2 rings (SSSR count). The van der Waals surface area contributed by atoms with Crippen molar-refractivity contribution in [1.29, 1.82) is 0 Å². The molecule has 132 valence electrons. The van der Waals surface area contributed by atoms with Gasteiger partial charge in [0.05, 0.1) is 12.3 Å². The molecule has 0 saturated heterocycles. The normalized spacial score (nSPS) is 11.3. The number of amides is 1. The Morgan fingerprint density at radius 2 is 2.00 bits per heavy atom. The van der Waals surface area contributed by atoms with Gasteiger partial charge < -0.3 is 4.74 Å². The SMILES string of the molecule is CC(=NNC(=O)CCCOc1ccc(Cl)cc1C)c1cccc(C)c1. The van der Waals surface area contributed by atoms with Gasteiger partial charge in [-0.2, -0.15) is 5.10 Å². The minimum Gasteiger partial charge on any atom is -0.493 e. The molecule has 0 aromatic heterocycles. The maximum atomic E-state index is 11.9. The van der Waals surface area contributed by atoms with Gasteiger partial charge in [0.15, 0.2) is 0 Å². The number of aryl methyl sites for hydroxylation is 2. The number of hydrogen-bond donors (Lipinski definition) is 1. The molecule has 0 fully saturated rings. The molecule has 2 aromatic carbocycles. The summed E-state index contributed by atoms with van der Waals surface area (Å²) >= 11 is 5.91. The Balaban J connectivity index is 1.74. The molecule has 0 spiro atoms. The van der Waals surface area contributed by atoms with Crippen molar-refractivity contribution in [2.24, 2.45) is 5.10 Å². The van der Waals surface area contributed by atoms with Crippen LogP contribution in [0, 0.1) is 13.8 Å². The Bertz CT molecular complexity index is 772. The molecule has 2 aromatic rings. The van der Waals surface area contributed by atoms with Gasteiger partial charge in [-0.1, -0.05) is 41.4 Å². The lowest BCUT2D eigenvalue weighted by atomic mass is 10.1. The number of nitrogens with one attached hydrogen (secondary N) is 1. The van der Waals surface area contributed by atoms with E-state index < -0.39 is 0 Å². The van der Waals surface area contributed by atoms with Crippen LogP contribution in [0.1, 0.15) is 36.5 Å². The van der Waals surface area contributed by atoms with E-state index in [0.717, 1.165) is 28.2 Å². The Labute approximate surface area is 153 Å². The number of hydrazone groups is 1. The summed E-state index contributed by atoms with van der Waals surface area (Å²) in [7, 11) is 0. The molecule has 0 aliphatic rings. The Morgan fingerprint density at radius 3 is 2.72 bits per heavy atom. The molecular weight excluding hydrogens is 336 g/mol. The average molecular weight is 359 g/mol. The van der Waals surface area contributed by atoms with E-state index in [-0.39, 0.29) is 5.91 Å². The molecule has 25 heavy (non-hydrogen) atoms. The van der Waals surface area contributed by atoms with E-state index >= 15 is 0 Å². The van der Waals surface area contributed by atoms with Crippen LogP contribution in [0.3, 0.4) is 0 Å². The van der Waals surface area contributed by atoms with Crippen molar-refractivity contribution >= 4 is 23.2 Å². The Morgan fingerprint density at radius 1 is 1.20 bits per heavy atom. The van der Waals surface area contributed by atoms with Crippen LogP contribution in [0.4, 0.5) is 0 Å². The van der Waals surface area contributed by atoms with E-state index in [0.29, 0.717) is 24.5 Å². The van der Waals surface area contributed by atoms with Crippen LogP contribution in [0.5, 0.6) is 5.75 Å². The van der Waals surface area contributed by atoms with Crippen molar-refractivity contribution in [3.05, 3.63) is 64.2 Å². The molecule has 4 nitrogen and oxygen atoms in total. The summed E-state index contributed by atoms with van der Waals surface area (Å²) in [6, 6.07) is 13.5. The lowest BCUT2D eigenvalue weighted by Crippen LogP contribution is -2.19. The highest BCUT2D eigenvalue weighted by atomic mass is 35.5. The molecule has 0 aliphatic heterocycles. The molecule has 0 heterocycles. The number of hydrogen-bond acceptors (Lipinski definition) is 3. The van der Waals surface area contributed by atoms with E-state index in [4.69, 9.17) is 16.3 Å². The first-order valence-corrected chi connectivity index (χ1v) is 8.62. The van der Waals surface area contributed by atoms with E-state index in [9.17, 15) is 4.79 Å². The van der Waals surface area contributed by atoms with Crippen LogP contribution >= 0.6 is 11.6 Å². The fourth-order valence-corrected chi connectivity index (χ4v) is 2.55. The van der Waals surface area contributed by atoms with Crippen LogP contribution in [-0.2, 0) is 4.79 Å². The number of carbonyl (C=O) groups is 1. The summed E-state index contributed by atoms with van der Waals surface area (Å²) in [5, 5.41) is 4.84. The lowest BCUT2D eigenvalue weighted by Gasteiger charge is -2.09. The third-order valence-electron chi connectivity index (χ3n) is 3.73. The first-order chi connectivity index (χ1) is 12.0. The second-order valence-electron chi connectivity index (χ2n) is 5.96. The molecule has 0 saturated carbocycles. The average Bonchev–Trinajstić information content (AvgIpc) is 2.58. The zero-order valence-electron chi connectivity index (χ0n) is 14.8. The first-order valence-electron chi connectivity index (χ1n) is 8.25. The van der Waals surface area contributed by atoms with Gasteiger partial charge in [-0.3, -0.25) is 4.79 Å². The standard InChI is InChI=1S/C20H23ClN2O2/c1-14-6-4-7-17(12-14)16(3)22-23-20(24)8-5-11-25-19-10-9-18(21)13-15(19)2/h4,6-7,9-10,12-13H,5,8,11H2,1-3H3,(H,23,24). The van der Waals surface area contributed by atoms with Gasteiger partial charge in [0.25, 0.3) is 0 Å². The second-order valence-corrected chi connectivity index (χ2v) is 6.40. The molecule has 0 unspecified atom stereocenters. The van der Waals surface area contributed by atoms with Gasteiger partial charge in [0.1, 0.15) is 5.75 Å².